The van der Waals surface area contributed by atoms with Crippen LogP contribution in [0.4, 0.5) is 0 Å². The van der Waals surface area contributed by atoms with Crippen LogP contribution in [0.25, 0.3) is 0 Å². The number of carbonyl (C=O) groups is 1. The molecule has 1 aliphatic carbocycles. The Balaban J connectivity index is 1.59. The van der Waals surface area contributed by atoms with Gasteiger partial charge in [0.25, 0.3) is 5.91 Å². The standard InChI is InChI=1S/C20H30N2O3S/c1-24-11-12-25-18-6-4-5-17(15-18)19(23)21-16-20(7-2-3-8-20)22-9-13-26-14-10-22/h4-6,15H,2-3,7-14,16H2,1H3,(H,21,23). The molecule has 1 aliphatic heterocycles. The van der Waals surface area contributed by atoms with Crippen molar-refractivity contribution in [1.82, 2.24) is 10.2 Å². The quantitative estimate of drug-likeness (QED) is 0.705. The van der Waals surface area contributed by atoms with Crippen molar-refractivity contribution >= 4 is 17.7 Å². The van der Waals surface area contributed by atoms with Gasteiger partial charge in [-0.15, -0.1) is 0 Å². The van der Waals surface area contributed by atoms with Gasteiger partial charge in [0.1, 0.15) is 12.4 Å². The molecule has 0 atom stereocenters. The van der Waals surface area contributed by atoms with Gasteiger partial charge < -0.3 is 14.8 Å². The molecule has 0 spiro atoms. The van der Waals surface area contributed by atoms with Crippen LogP contribution in [0.15, 0.2) is 24.3 Å². The second-order valence-electron chi connectivity index (χ2n) is 7.08. The van der Waals surface area contributed by atoms with Crippen LogP contribution in [0, 0.1) is 0 Å². The number of hydrogen-bond donors (Lipinski definition) is 1. The van der Waals surface area contributed by atoms with Crippen LogP contribution in [-0.2, 0) is 4.74 Å². The molecule has 1 aromatic rings. The lowest BCUT2D eigenvalue weighted by Gasteiger charge is -2.43. The zero-order chi connectivity index (χ0) is 18.2. The molecular formula is C20H30N2O3S. The SMILES string of the molecule is COCCOc1cccc(C(=O)NCC2(N3CCSCC3)CCCC2)c1. The predicted molar refractivity (Wildman–Crippen MR) is 106 cm³/mol. The number of rotatable bonds is 8. The van der Waals surface area contributed by atoms with Gasteiger partial charge >= 0.3 is 0 Å². The van der Waals surface area contributed by atoms with Crippen molar-refractivity contribution in [3.63, 3.8) is 0 Å². The van der Waals surface area contributed by atoms with E-state index in [2.05, 4.69) is 10.2 Å². The third kappa shape index (κ3) is 4.93. The van der Waals surface area contributed by atoms with Crippen LogP contribution in [0.2, 0.25) is 0 Å². The molecule has 5 nitrogen and oxygen atoms in total. The maximum atomic E-state index is 12.7. The van der Waals surface area contributed by atoms with Gasteiger partial charge in [0.05, 0.1) is 6.61 Å². The predicted octanol–water partition coefficient (Wildman–Crippen LogP) is 2.80. The molecular weight excluding hydrogens is 348 g/mol. The summed E-state index contributed by atoms with van der Waals surface area (Å²) in [7, 11) is 1.65. The first-order chi connectivity index (χ1) is 12.7. The van der Waals surface area contributed by atoms with Gasteiger partial charge in [-0.3, -0.25) is 9.69 Å². The lowest BCUT2D eigenvalue weighted by molar-refractivity contribution is 0.0817. The van der Waals surface area contributed by atoms with Gasteiger partial charge in [-0.2, -0.15) is 11.8 Å². The molecule has 1 aromatic carbocycles. The van der Waals surface area contributed by atoms with E-state index in [0.717, 1.165) is 19.6 Å². The van der Waals surface area contributed by atoms with Crippen molar-refractivity contribution in [1.29, 1.82) is 0 Å². The Morgan fingerprint density at radius 2 is 2.00 bits per heavy atom. The molecule has 2 fully saturated rings. The molecule has 0 radical (unpaired) electrons. The number of hydrogen-bond acceptors (Lipinski definition) is 5. The zero-order valence-electron chi connectivity index (χ0n) is 15.7. The van der Waals surface area contributed by atoms with E-state index in [1.54, 1.807) is 7.11 Å². The fourth-order valence-corrected chi connectivity index (χ4v) is 4.90. The highest BCUT2D eigenvalue weighted by molar-refractivity contribution is 7.99. The first-order valence-electron chi connectivity index (χ1n) is 9.56. The Morgan fingerprint density at radius 1 is 1.23 bits per heavy atom. The molecule has 2 aliphatic rings. The van der Waals surface area contributed by atoms with E-state index >= 15 is 0 Å². The molecule has 0 aromatic heterocycles. The molecule has 3 rings (SSSR count). The minimum atomic E-state index is -0.0140. The van der Waals surface area contributed by atoms with Crippen LogP contribution in [0.5, 0.6) is 5.75 Å². The second kappa shape index (κ2) is 9.62. The van der Waals surface area contributed by atoms with E-state index in [1.807, 2.05) is 36.0 Å². The number of nitrogens with one attached hydrogen (secondary N) is 1. The van der Waals surface area contributed by atoms with Crippen LogP contribution in [-0.4, -0.2) is 67.8 Å². The lowest BCUT2D eigenvalue weighted by Crippen LogP contribution is -2.56. The van der Waals surface area contributed by atoms with E-state index < -0.39 is 0 Å². The third-order valence-electron chi connectivity index (χ3n) is 5.45. The third-order valence-corrected chi connectivity index (χ3v) is 6.39. The summed E-state index contributed by atoms with van der Waals surface area (Å²) in [4.78, 5) is 15.3. The molecule has 26 heavy (non-hydrogen) atoms. The summed E-state index contributed by atoms with van der Waals surface area (Å²) in [6.07, 6.45) is 4.92. The summed E-state index contributed by atoms with van der Waals surface area (Å²) in [5, 5.41) is 3.21. The number of nitrogens with zero attached hydrogens (tertiary/aromatic N) is 1. The number of ether oxygens (including phenoxy) is 2. The Labute approximate surface area is 160 Å². The smallest absolute Gasteiger partial charge is 0.251 e. The van der Waals surface area contributed by atoms with E-state index in [4.69, 9.17) is 9.47 Å². The summed E-state index contributed by atoms with van der Waals surface area (Å²) in [5.74, 6) is 3.10. The number of methoxy groups -OCH3 is 1. The van der Waals surface area contributed by atoms with Gasteiger partial charge in [-0.05, 0) is 31.0 Å². The molecule has 1 heterocycles. The number of carbonyl (C=O) groups excluding carboxylic acids is 1. The maximum absolute atomic E-state index is 12.7. The van der Waals surface area contributed by atoms with Gasteiger partial charge in [-0.25, -0.2) is 0 Å². The normalized spacial score (nSPS) is 20.0. The minimum Gasteiger partial charge on any atom is -0.491 e. The van der Waals surface area contributed by atoms with Crippen LogP contribution >= 0.6 is 11.8 Å². The molecule has 6 heteroatoms. The highest BCUT2D eigenvalue weighted by Gasteiger charge is 2.40. The largest absolute Gasteiger partial charge is 0.491 e. The summed E-state index contributed by atoms with van der Waals surface area (Å²) in [5.41, 5.74) is 0.811. The molecule has 1 N–H and O–H groups in total. The van der Waals surface area contributed by atoms with Crippen LogP contribution in [0.1, 0.15) is 36.0 Å². The Hall–Kier alpha value is -1.24. The zero-order valence-corrected chi connectivity index (χ0v) is 16.5. The van der Waals surface area contributed by atoms with Crippen molar-refractivity contribution in [2.75, 3.05) is 51.5 Å². The summed E-state index contributed by atoms with van der Waals surface area (Å²) >= 11 is 2.04. The van der Waals surface area contributed by atoms with Crippen molar-refractivity contribution in [3.8, 4) is 5.75 Å². The molecule has 1 saturated heterocycles. The molecule has 0 bridgehead atoms. The van der Waals surface area contributed by atoms with Crippen molar-refractivity contribution in [2.45, 2.75) is 31.2 Å². The van der Waals surface area contributed by atoms with Gasteiger partial charge in [-0.1, -0.05) is 18.9 Å². The minimum absolute atomic E-state index is 0.0140. The van der Waals surface area contributed by atoms with Gasteiger partial charge in [0.15, 0.2) is 0 Å². The molecule has 0 unspecified atom stereocenters. The van der Waals surface area contributed by atoms with E-state index in [9.17, 15) is 4.79 Å². The number of amides is 1. The highest BCUT2D eigenvalue weighted by Crippen LogP contribution is 2.36. The van der Waals surface area contributed by atoms with Gasteiger partial charge in [0.2, 0.25) is 0 Å². The first kappa shape index (κ1) is 19.5. The fraction of sp³-hybridized carbons (Fsp3) is 0.650. The topological polar surface area (TPSA) is 50.8 Å². The molecule has 1 saturated carbocycles. The monoisotopic (exact) mass is 378 g/mol. The van der Waals surface area contributed by atoms with E-state index in [1.165, 1.54) is 37.2 Å². The Bertz CT molecular complexity index is 584. The first-order valence-corrected chi connectivity index (χ1v) is 10.7. The number of thioether (sulfide) groups is 1. The van der Waals surface area contributed by atoms with Crippen molar-refractivity contribution in [3.05, 3.63) is 29.8 Å². The van der Waals surface area contributed by atoms with Crippen molar-refractivity contribution < 1.29 is 14.3 Å². The molecule has 1 amide bonds. The fourth-order valence-electron chi connectivity index (χ4n) is 3.99. The second-order valence-corrected chi connectivity index (χ2v) is 8.31. The Morgan fingerprint density at radius 3 is 2.73 bits per heavy atom. The maximum Gasteiger partial charge on any atom is 0.251 e. The number of benzene rings is 1. The van der Waals surface area contributed by atoms with E-state index in [0.29, 0.717) is 24.5 Å². The Kier molecular flexibility index (Phi) is 7.23. The molecule has 144 valence electrons. The lowest BCUT2D eigenvalue weighted by atomic mass is 9.94. The summed E-state index contributed by atoms with van der Waals surface area (Å²) in [6, 6.07) is 7.39. The average Bonchev–Trinajstić information content (AvgIpc) is 3.17. The van der Waals surface area contributed by atoms with Crippen molar-refractivity contribution in [2.24, 2.45) is 0 Å². The van der Waals surface area contributed by atoms with Crippen LogP contribution in [0.3, 0.4) is 0 Å². The van der Waals surface area contributed by atoms with Crippen LogP contribution < -0.4 is 10.1 Å². The highest BCUT2D eigenvalue weighted by atomic mass is 32.2. The average molecular weight is 379 g/mol. The van der Waals surface area contributed by atoms with E-state index in [-0.39, 0.29) is 11.4 Å². The van der Waals surface area contributed by atoms with Gasteiger partial charge in [0, 0.05) is 49.4 Å². The summed E-state index contributed by atoms with van der Waals surface area (Å²) in [6.45, 7) is 4.04. The summed E-state index contributed by atoms with van der Waals surface area (Å²) < 4.78 is 10.6.